The lowest BCUT2D eigenvalue weighted by Gasteiger charge is -2.15. The van der Waals surface area contributed by atoms with Gasteiger partial charge in [0.1, 0.15) is 11.6 Å². The Morgan fingerprint density at radius 2 is 1.85 bits per heavy atom. The summed E-state index contributed by atoms with van der Waals surface area (Å²) < 4.78 is 26.9. The van der Waals surface area contributed by atoms with Gasteiger partial charge in [0, 0.05) is 10.4 Å². The number of hydrogen-bond donors (Lipinski definition) is 0. The van der Waals surface area contributed by atoms with Crippen molar-refractivity contribution in [3.8, 4) is 0 Å². The minimum atomic E-state index is -0.405. The van der Waals surface area contributed by atoms with E-state index in [1.54, 1.807) is 0 Å². The summed E-state index contributed by atoms with van der Waals surface area (Å²) in [5.74, 6) is -0.578. The lowest BCUT2D eigenvalue weighted by Crippen LogP contribution is -2.11. The van der Waals surface area contributed by atoms with Crippen molar-refractivity contribution >= 4 is 27.5 Å². The molecular formula is C16H14BrClF2. The quantitative estimate of drug-likeness (QED) is 0.626. The summed E-state index contributed by atoms with van der Waals surface area (Å²) in [4.78, 5) is 0. The Hall–Kier alpha value is -0.930. The van der Waals surface area contributed by atoms with Crippen LogP contribution in [0.25, 0.3) is 0 Å². The van der Waals surface area contributed by atoms with Crippen LogP contribution in [0.15, 0.2) is 42.5 Å². The molecule has 1 atom stereocenters. The largest absolute Gasteiger partial charge is 0.207 e. The third-order valence-electron chi connectivity index (χ3n) is 3.15. The molecule has 0 aliphatic carbocycles. The maximum absolute atomic E-state index is 13.7. The van der Waals surface area contributed by atoms with Gasteiger partial charge in [-0.2, -0.15) is 0 Å². The van der Waals surface area contributed by atoms with Gasteiger partial charge in [-0.05, 0) is 60.2 Å². The van der Waals surface area contributed by atoms with Gasteiger partial charge in [-0.25, -0.2) is 8.78 Å². The average Bonchev–Trinajstić information content (AvgIpc) is 2.42. The van der Waals surface area contributed by atoms with E-state index in [2.05, 4.69) is 15.9 Å². The fourth-order valence-electron chi connectivity index (χ4n) is 2.19. The molecule has 106 valence electrons. The molecule has 0 saturated heterocycles. The number of benzene rings is 2. The second-order valence-corrected chi connectivity index (χ2v) is 5.88. The average molecular weight is 360 g/mol. The molecule has 0 spiro atoms. The van der Waals surface area contributed by atoms with E-state index in [4.69, 9.17) is 11.6 Å². The van der Waals surface area contributed by atoms with Gasteiger partial charge in [-0.15, -0.1) is 0 Å². The molecule has 2 aromatic rings. The minimum absolute atomic E-state index is 0.185. The first kappa shape index (κ1) is 15.5. The molecule has 0 aliphatic rings. The molecule has 20 heavy (non-hydrogen) atoms. The molecular weight excluding hydrogens is 346 g/mol. The Morgan fingerprint density at radius 3 is 2.55 bits per heavy atom. The molecule has 0 amide bonds. The second kappa shape index (κ2) is 7.19. The van der Waals surface area contributed by atoms with E-state index in [0.29, 0.717) is 17.0 Å². The van der Waals surface area contributed by atoms with Gasteiger partial charge in [0.25, 0.3) is 0 Å². The smallest absolute Gasteiger partial charge is 0.126 e. The van der Waals surface area contributed by atoms with E-state index < -0.39 is 5.82 Å². The number of alkyl halides is 1. The maximum atomic E-state index is 13.7. The Bertz CT molecular complexity index is 586. The molecule has 0 fully saturated rings. The van der Waals surface area contributed by atoms with Crippen LogP contribution in [0.1, 0.15) is 11.1 Å². The van der Waals surface area contributed by atoms with Crippen LogP contribution in [-0.4, -0.2) is 5.33 Å². The first-order chi connectivity index (χ1) is 9.58. The van der Waals surface area contributed by atoms with Crippen LogP contribution in [0.5, 0.6) is 0 Å². The standard InChI is InChI=1S/C16H14BrClF2/c17-10-12(6-11-2-1-3-14(18)8-11)7-13-9-15(19)4-5-16(13)20/h1-5,8-9,12H,6-7,10H2. The number of hydrogen-bond acceptors (Lipinski definition) is 0. The fraction of sp³-hybridized carbons (Fsp3) is 0.250. The highest BCUT2D eigenvalue weighted by Crippen LogP contribution is 2.21. The summed E-state index contributed by atoms with van der Waals surface area (Å²) in [6, 6.07) is 11.2. The van der Waals surface area contributed by atoms with Crippen LogP contribution in [0.3, 0.4) is 0 Å². The van der Waals surface area contributed by atoms with E-state index in [0.717, 1.165) is 23.4 Å². The Labute approximate surface area is 130 Å². The molecule has 0 aromatic heterocycles. The summed E-state index contributed by atoms with van der Waals surface area (Å²) in [6.45, 7) is 0. The van der Waals surface area contributed by atoms with Crippen LogP contribution < -0.4 is 0 Å². The topological polar surface area (TPSA) is 0 Å². The zero-order valence-electron chi connectivity index (χ0n) is 10.8. The van der Waals surface area contributed by atoms with Gasteiger partial charge in [-0.1, -0.05) is 39.7 Å². The lowest BCUT2D eigenvalue weighted by molar-refractivity contribution is 0.540. The van der Waals surface area contributed by atoms with Crippen molar-refractivity contribution in [3.05, 3.63) is 70.2 Å². The van der Waals surface area contributed by atoms with Gasteiger partial charge in [0.2, 0.25) is 0 Å². The van der Waals surface area contributed by atoms with Crippen LogP contribution in [0, 0.1) is 17.6 Å². The number of halogens is 4. The molecule has 0 nitrogen and oxygen atoms in total. The molecule has 4 heteroatoms. The van der Waals surface area contributed by atoms with Crippen LogP contribution in [-0.2, 0) is 12.8 Å². The molecule has 0 heterocycles. The van der Waals surface area contributed by atoms with E-state index in [1.807, 2.05) is 24.3 Å². The summed E-state index contributed by atoms with van der Waals surface area (Å²) in [6.07, 6.45) is 1.25. The van der Waals surface area contributed by atoms with Gasteiger partial charge in [0.15, 0.2) is 0 Å². The second-order valence-electron chi connectivity index (χ2n) is 4.79. The molecule has 0 saturated carbocycles. The van der Waals surface area contributed by atoms with E-state index in [1.165, 1.54) is 12.1 Å². The van der Waals surface area contributed by atoms with Crippen molar-refractivity contribution in [2.75, 3.05) is 5.33 Å². The van der Waals surface area contributed by atoms with Crippen molar-refractivity contribution in [2.24, 2.45) is 5.92 Å². The zero-order chi connectivity index (χ0) is 14.5. The molecule has 0 N–H and O–H groups in total. The summed E-state index contributed by atoms with van der Waals surface area (Å²) >= 11 is 9.40. The van der Waals surface area contributed by atoms with Crippen LogP contribution >= 0.6 is 27.5 Å². The molecule has 2 aromatic carbocycles. The molecule has 0 bridgehead atoms. The molecule has 0 radical (unpaired) electrons. The predicted octanol–water partition coefficient (Wildman–Crippen LogP) is 5.41. The van der Waals surface area contributed by atoms with Crippen molar-refractivity contribution < 1.29 is 8.78 Å². The Morgan fingerprint density at radius 1 is 1.05 bits per heavy atom. The van der Waals surface area contributed by atoms with Crippen LogP contribution in [0.2, 0.25) is 5.02 Å². The van der Waals surface area contributed by atoms with E-state index in [-0.39, 0.29) is 11.7 Å². The van der Waals surface area contributed by atoms with Gasteiger partial charge >= 0.3 is 0 Å². The number of rotatable bonds is 5. The monoisotopic (exact) mass is 358 g/mol. The Balaban J connectivity index is 2.11. The predicted molar refractivity (Wildman–Crippen MR) is 82.5 cm³/mol. The lowest BCUT2D eigenvalue weighted by atomic mass is 9.94. The third-order valence-corrected chi connectivity index (χ3v) is 4.30. The first-order valence-corrected chi connectivity index (χ1v) is 7.82. The third kappa shape index (κ3) is 4.29. The van der Waals surface area contributed by atoms with E-state index in [9.17, 15) is 8.78 Å². The minimum Gasteiger partial charge on any atom is -0.207 e. The SMILES string of the molecule is Fc1ccc(F)c(CC(CBr)Cc2cccc(Cl)c2)c1. The normalized spacial score (nSPS) is 12.4. The van der Waals surface area contributed by atoms with Gasteiger partial charge in [-0.3, -0.25) is 0 Å². The van der Waals surface area contributed by atoms with Crippen molar-refractivity contribution in [2.45, 2.75) is 12.8 Å². The highest BCUT2D eigenvalue weighted by molar-refractivity contribution is 9.09. The molecule has 1 unspecified atom stereocenters. The highest BCUT2D eigenvalue weighted by Gasteiger charge is 2.13. The molecule has 2 rings (SSSR count). The van der Waals surface area contributed by atoms with E-state index >= 15 is 0 Å². The first-order valence-electron chi connectivity index (χ1n) is 6.33. The molecule has 0 aliphatic heterocycles. The van der Waals surface area contributed by atoms with Crippen LogP contribution in [0.4, 0.5) is 8.78 Å². The van der Waals surface area contributed by atoms with Crippen molar-refractivity contribution in [1.82, 2.24) is 0 Å². The highest BCUT2D eigenvalue weighted by atomic mass is 79.9. The maximum Gasteiger partial charge on any atom is 0.126 e. The summed E-state index contributed by atoms with van der Waals surface area (Å²) in [5, 5.41) is 1.41. The summed E-state index contributed by atoms with van der Waals surface area (Å²) in [7, 11) is 0. The van der Waals surface area contributed by atoms with Gasteiger partial charge in [0.05, 0.1) is 0 Å². The van der Waals surface area contributed by atoms with Gasteiger partial charge < -0.3 is 0 Å². The van der Waals surface area contributed by atoms with Crippen molar-refractivity contribution in [1.29, 1.82) is 0 Å². The fourth-order valence-corrected chi connectivity index (χ4v) is 2.86. The zero-order valence-corrected chi connectivity index (χ0v) is 13.1. The Kier molecular flexibility index (Phi) is 5.55. The van der Waals surface area contributed by atoms with Crippen molar-refractivity contribution in [3.63, 3.8) is 0 Å². The summed E-state index contributed by atoms with van der Waals surface area (Å²) in [5.41, 5.74) is 1.51.